The summed E-state index contributed by atoms with van der Waals surface area (Å²) in [5.41, 5.74) is 2.28. The number of hydrogen-bond donors (Lipinski definition) is 1. The molecule has 1 aromatic heterocycles. The number of fused-ring (bicyclic) bond motifs is 1. The van der Waals surface area contributed by atoms with Gasteiger partial charge in [-0.15, -0.1) is 0 Å². The molecule has 30 heavy (non-hydrogen) atoms. The van der Waals surface area contributed by atoms with E-state index in [1.807, 2.05) is 6.92 Å². The third-order valence-corrected chi connectivity index (χ3v) is 5.34. The first-order valence-corrected chi connectivity index (χ1v) is 9.98. The minimum Gasteiger partial charge on any atom is -0.332 e. The number of aromatic nitrogens is 2. The van der Waals surface area contributed by atoms with E-state index in [2.05, 4.69) is 10.3 Å². The van der Waals surface area contributed by atoms with Crippen LogP contribution in [0, 0.1) is 6.92 Å². The maximum absolute atomic E-state index is 12.8. The molecule has 9 heteroatoms. The predicted molar refractivity (Wildman–Crippen MR) is 118 cm³/mol. The second-order valence-electron chi connectivity index (χ2n) is 6.79. The lowest BCUT2D eigenvalue weighted by molar-refractivity contribution is -0.116. The van der Waals surface area contributed by atoms with Gasteiger partial charge in [0.05, 0.1) is 27.6 Å². The fourth-order valence-electron chi connectivity index (χ4n) is 3.10. The number of hydrogen-bond acceptors (Lipinski definition) is 4. The van der Waals surface area contributed by atoms with Crippen molar-refractivity contribution in [2.24, 2.45) is 0 Å². The molecule has 2 aromatic carbocycles. The first kappa shape index (κ1) is 21.8. The fraction of sp³-hybridized carbons (Fsp3) is 0.238. The molecule has 0 fully saturated rings. The van der Waals surface area contributed by atoms with Crippen molar-refractivity contribution < 1.29 is 9.59 Å². The molecule has 0 aliphatic carbocycles. The average Bonchev–Trinajstić information content (AvgIpc) is 2.70. The van der Waals surface area contributed by atoms with Crippen molar-refractivity contribution in [3.63, 3.8) is 0 Å². The van der Waals surface area contributed by atoms with Gasteiger partial charge in [0.2, 0.25) is 5.91 Å². The van der Waals surface area contributed by atoms with E-state index in [9.17, 15) is 14.4 Å². The van der Waals surface area contributed by atoms with Gasteiger partial charge in [-0.25, -0.2) is 4.98 Å². The quantitative estimate of drug-likeness (QED) is 0.646. The number of nitrogens with zero attached hydrogens (tertiary/aromatic N) is 3. The van der Waals surface area contributed by atoms with E-state index in [0.29, 0.717) is 44.6 Å². The van der Waals surface area contributed by atoms with Crippen LogP contribution in [0.1, 0.15) is 23.0 Å². The molecule has 0 unspecified atom stereocenters. The standard InChI is InChI=1S/C21H20Cl2N4O3/c1-4-27-18-8-5-13(9-17(18)24-12(2)20(27)29)21(30)26(3)11-19(28)25-14-6-7-15(22)16(23)10-14/h5-10H,4,11H2,1-3H3,(H,25,28). The summed E-state index contributed by atoms with van der Waals surface area (Å²) in [6.07, 6.45) is 0. The van der Waals surface area contributed by atoms with Gasteiger partial charge in [0, 0.05) is 24.8 Å². The number of carbonyl (C=O) groups excluding carboxylic acids is 2. The van der Waals surface area contributed by atoms with Gasteiger partial charge in [0.1, 0.15) is 5.69 Å². The normalized spacial score (nSPS) is 10.8. The second kappa shape index (κ2) is 8.85. The Hall–Kier alpha value is -2.90. The van der Waals surface area contributed by atoms with E-state index < -0.39 is 0 Å². The van der Waals surface area contributed by atoms with Crippen LogP contribution in [0.15, 0.2) is 41.2 Å². The van der Waals surface area contributed by atoms with Crippen LogP contribution >= 0.6 is 23.2 Å². The lowest BCUT2D eigenvalue weighted by Gasteiger charge is -2.17. The third kappa shape index (κ3) is 4.47. The molecular formula is C21H20Cl2N4O3. The van der Waals surface area contributed by atoms with E-state index in [4.69, 9.17) is 23.2 Å². The molecule has 0 spiro atoms. The summed E-state index contributed by atoms with van der Waals surface area (Å²) in [5, 5.41) is 3.39. The highest BCUT2D eigenvalue weighted by molar-refractivity contribution is 6.42. The summed E-state index contributed by atoms with van der Waals surface area (Å²) in [5.74, 6) is -0.714. The average molecular weight is 447 g/mol. The number of nitrogens with one attached hydrogen (secondary N) is 1. The Balaban J connectivity index is 1.77. The molecule has 156 valence electrons. The zero-order valence-electron chi connectivity index (χ0n) is 16.7. The first-order valence-electron chi connectivity index (χ1n) is 9.22. The highest BCUT2D eigenvalue weighted by Crippen LogP contribution is 2.25. The van der Waals surface area contributed by atoms with Crippen molar-refractivity contribution in [1.82, 2.24) is 14.5 Å². The van der Waals surface area contributed by atoms with E-state index in [1.165, 1.54) is 18.0 Å². The van der Waals surface area contributed by atoms with Gasteiger partial charge in [0.15, 0.2) is 0 Å². The van der Waals surface area contributed by atoms with E-state index >= 15 is 0 Å². The number of amides is 2. The van der Waals surface area contributed by atoms with Crippen LogP contribution in [0.25, 0.3) is 11.0 Å². The summed E-state index contributed by atoms with van der Waals surface area (Å²) >= 11 is 11.8. The fourth-order valence-corrected chi connectivity index (χ4v) is 3.40. The van der Waals surface area contributed by atoms with Crippen LogP contribution < -0.4 is 10.9 Å². The molecular weight excluding hydrogens is 427 g/mol. The van der Waals surface area contributed by atoms with Crippen LogP contribution in [0.2, 0.25) is 10.0 Å². The Morgan fingerprint density at radius 1 is 1.13 bits per heavy atom. The van der Waals surface area contributed by atoms with E-state index in [0.717, 1.165) is 0 Å². The van der Waals surface area contributed by atoms with Gasteiger partial charge in [-0.3, -0.25) is 14.4 Å². The lowest BCUT2D eigenvalue weighted by Crippen LogP contribution is -2.35. The van der Waals surface area contributed by atoms with Crippen molar-refractivity contribution in [3.8, 4) is 0 Å². The number of anilines is 1. The topological polar surface area (TPSA) is 84.3 Å². The number of halogens is 2. The number of rotatable bonds is 5. The van der Waals surface area contributed by atoms with Crippen LogP contribution in [0.5, 0.6) is 0 Å². The number of aryl methyl sites for hydroxylation is 2. The molecule has 0 aliphatic rings. The summed E-state index contributed by atoms with van der Waals surface area (Å²) in [7, 11) is 1.53. The van der Waals surface area contributed by atoms with Gasteiger partial charge in [-0.05, 0) is 50.2 Å². The Kier molecular flexibility index (Phi) is 6.43. The summed E-state index contributed by atoms with van der Waals surface area (Å²) in [6, 6.07) is 9.69. The van der Waals surface area contributed by atoms with E-state index in [1.54, 1.807) is 41.8 Å². The molecule has 3 rings (SSSR count). The lowest BCUT2D eigenvalue weighted by atomic mass is 10.1. The van der Waals surface area contributed by atoms with Crippen LogP contribution in [-0.2, 0) is 11.3 Å². The molecule has 1 heterocycles. The smallest absolute Gasteiger partial charge is 0.272 e. The Labute approximate surface area is 183 Å². The van der Waals surface area contributed by atoms with Crippen molar-refractivity contribution >= 4 is 51.7 Å². The molecule has 1 N–H and O–H groups in total. The first-order chi connectivity index (χ1) is 14.2. The zero-order chi connectivity index (χ0) is 22.0. The van der Waals surface area contributed by atoms with Crippen molar-refractivity contribution in [2.45, 2.75) is 20.4 Å². The minimum absolute atomic E-state index is 0.153. The van der Waals surface area contributed by atoms with Gasteiger partial charge >= 0.3 is 0 Å². The minimum atomic E-state index is -0.376. The van der Waals surface area contributed by atoms with Crippen LogP contribution in [0.3, 0.4) is 0 Å². The maximum Gasteiger partial charge on any atom is 0.272 e. The van der Waals surface area contributed by atoms with Gasteiger partial charge < -0.3 is 14.8 Å². The molecule has 0 saturated carbocycles. The highest BCUT2D eigenvalue weighted by Gasteiger charge is 2.17. The highest BCUT2D eigenvalue weighted by atomic mass is 35.5. The number of carbonyl (C=O) groups is 2. The molecule has 0 bridgehead atoms. The molecule has 2 amide bonds. The van der Waals surface area contributed by atoms with Crippen molar-refractivity contribution in [1.29, 1.82) is 0 Å². The molecule has 0 aliphatic heterocycles. The van der Waals surface area contributed by atoms with Crippen molar-refractivity contribution in [3.05, 3.63) is 68.1 Å². The van der Waals surface area contributed by atoms with Crippen LogP contribution in [0.4, 0.5) is 5.69 Å². The monoisotopic (exact) mass is 446 g/mol. The number of benzene rings is 2. The SMILES string of the molecule is CCn1c(=O)c(C)nc2cc(C(=O)N(C)CC(=O)Nc3ccc(Cl)c(Cl)c3)ccc21. The third-order valence-electron chi connectivity index (χ3n) is 4.60. The number of likely N-dealkylation sites (N-methyl/N-ethyl adjacent to an activating group) is 1. The molecule has 0 saturated heterocycles. The zero-order valence-corrected chi connectivity index (χ0v) is 18.2. The summed E-state index contributed by atoms with van der Waals surface area (Å²) in [6.45, 7) is 3.86. The Morgan fingerprint density at radius 2 is 1.87 bits per heavy atom. The second-order valence-corrected chi connectivity index (χ2v) is 7.60. The summed E-state index contributed by atoms with van der Waals surface area (Å²) in [4.78, 5) is 42.9. The Morgan fingerprint density at radius 3 is 2.53 bits per heavy atom. The molecule has 7 nitrogen and oxygen atoms in total. The summed E-state index contributed by atoms with van der Waals surface area (Å²) < 4.78 is 1.61. The van der Waals surface area contributed by atoms with Gasteiger partial charge in [-0.2, -0.15) is 0 Å². The molecule has 0 atom stereocenters. The Bertz CT molecular complexity index is 1210. The van der Waals surface area contributed by atoms with Gasteiger partial charge in [0.25, 0.3) is 11.5 Å². The van der Waals surface area contributed by atoms with E-state index in [-0.39, 0.29) is 23.9 Å². The predicted octanol–water partition coefficient (Wildman–Crippen LogP) is 3.74. The largest absolute Gasteiger partial charge is 0.332 e. The molecule has 3 aromatic rings. The van der Waals surface area contributed by atoms with Crippen LogP contribution in [-0.4, -0.2) is 39.9 Å². The van der Waals surface area contributed by atoms with Gasteiger partial charge in [-0.1, -0.05) is 23.2 Å². The molecule has 0 radical (unpaired) electrons. The maximum atomic E-state index is 12.8. The van der Waals surface area contributed by atoms with Crippen molar-refractivity contribution in [2.75, 3.05) is 18.9 Å².